The molecule has 122 valence electrons. The Bertz CT molecular complexity index is 866. The molecular weight excluding hydrogens is 322 g/mol. The summed E-state index contributed by atoms with van der Waals surface area (Å²) >= 11 is 5.87. The predicted molar refractivity (Wildman–Crippen MR) is 95.0 cm³/mol. The Labute approximate surface area is 145 Å². The Morgan fingerprint density at radius 2 is 2.00 bits per heavy atom. The second kappa shape index (κ2) is 6.29. The van der Waals surface area contributed by atoms with Crippen molar-refractivity contribution in [3.63, 3.8) is 0 Å². The number of hydrogen-bond acceptors (Lipinski definition) is 2. The van der Waals surface area contributed by atoms with Gasteiger partial charge >= 0.3 is 0 Å². The maximum Gasteiger partial charge on any atom is 0.227 e. The number of H-pyrrole nitrogens is 1. The van der Waals surface area contributed by atoms with Crippen molar-refractivity contribution in [1.29, 1.82) is 0 Å². The average Bonchev–Trinajstić information content (AvgIpc) is 3.02. The van der Waals surface area contributed by atoms with Gasteiger partial charge in [-0.3, -0.25) is 9.78 Å². The summed E-state index contributed by atoms with van der Waals surface area (Å²) in [6.07, 6.45) is 5.14. The molecule has 1 N–H and O–H groups in total. The summed E-state index contributed by atoms with van der Waals surface area (Å²) in [5.41, 5.74) is 3.21. The molecule has 0 bridgehead atoms. The lowest BCUT2D eigenvalue weighted by Crippen LogP contribution is -2.51. The van der Waals surface area contributed by atoms with Gasteiger partial charge in [0.2, 0.25) is 5.91 Å². The Morgan fingerprint density at radius 3 is 2.79 bits per heavy atom. The SMILES string of the molecule is O=C(Cc1ccc(Cl)cc1)N1CC(Cc2nccc3cc[nH]c23)C1. The largest absolute Gasteiger partial charge is 0.360 e. The van der Waals surface area contributed by atoms with E-state index in [4.69, 9.17) is 11.6 Å². The van der Waals surface area contributed by atoms with Crippen LogP contribution in [0.3, 0.4) is 0 Å². The number of rotatable bonds is 4. The highest BCUT2D eigenvalue weighted by Gasteiger charge is 2.31. The molecule has 3 aromatic rings. The molecule has 1 amide bonds. The average molecular weight is 340 g/mol. The monoisotopic (exact) mass is 339 g/mol. The summed E-state index contributed by atoms with van der Waals surface area (Å²) in [4.78, 5) is 22.0. The Kier molecular flexibility index (Phi) is 3.98. The van der Waals surface area contributed by atoms with Gasteiger partial charge in [0.05, 0.1) is 17.6 Å². The van der Waals surface area contributed by atoms with E-state index in [1.54, 1.807) is 0 Å². The molecule has 1 fully saturated rings. The van der Waals surface area contributed by atoms with Gasteiger partial charge in [-0.25, -0.2) is 0 Å². The molecular formula is C19H18ClN3O. The van der Waals surface area contributed by atoms with Crippen LogP contribution >= 0.6 is 11.6 Å². The number of likely N-dealkylation sites (tertiary alicyclic amines) is 1. The van der Waals surface area contributed by atoms with Crippen molar-refractivity contribution in [3.8, 4) is 0 Å². The fraction of sp³-hybridized carbons (Fsp3) is 0.263. The number of halogens is 1. The summed E-state index contributed by atoms with van der Waals surface area (Å²) in [5.74, 6) is 0.667. The highest BCUT2D eigenvalue weighted by molar-refractivity contribution is 6.30. The zero-order valence-electron chi connectivity index (χ0n) is 13.2. The first-order valence-electron chi connectivity index (χ1n) is 8.12. The van der Waals surface area contributed by atoms with Crippen LogP contribution in [0.15, 0.2) is 48.8 Å². The Hall–Kier alpha value is -2.33. The summed E-state index contributed by atoms with van der Waals surface area (Å²) in [7, 11) is 0. The molecule has 0 radical (unpaired) electrons. The first-order chi connectivity index (χ1) is 11.7. The third-order valence-corrected chi connectivity index (χ3v) is 4.86. The highest BCUT2D eigenvalue weighted by Crippen LogP contribution is 2.24. The van der Waals surface area contributed by atoms with Crippen LogP contribution < -0.4 is 0 Å². The van der Waals surface area contributed by atoms with Gasteiger partial charge in [0.25, 0.3) is 0 Å². The van der Waals surface area contributed by atoms with Gasteiger partial charge in [-0.05, 0) is 42.2 Å². The Morgan fingerprint density at radius 1 is 1.21 bits per heavy atom. The fourth-order valence-corrected chi connectivity index (χ4v) is 3.39. The van der Waals surface area contributed by atoms with Crippen molar-refractivity contribution in [2.24, 2.45) is 5.92 Å². The molecule has 1 saturated heterocycles. The van der Waals surface area contributed by atoms with Crippen molar-refractivity contribution in [3.05, 3.63) is 65.1 Å². The van der Waals surface area contributed by atoms with E-state index in [1.807, 2.05) is 47.6 Å². The molecule has 1 aliphatic rings. The van der Waals surface area contributed by atoms with Crippen molar-refractivity contribution in [2.75, 3.05) is 13.1 Å². The molecule has 0 atom stereocenters. The van der Waals surface area contributed by atoms with Crippen LogP contribution in [0, 0.1) is 5.92 Å². The number of pyridine rings is 1. The fourth-order valence-electron chi connectivity index (χ4n) is 3.26. The second-order valence-electron chi connectivity index (χ2n) is 6.37. The maximum atomic E-state index is 12.3. The van der Waals surface area contributed by atoms with E-state index in [9.17, 15) is 4.79 Å². The van der Waals surface area contributed by atoms with Crippen LogP contribution in [0.5, 0.6) is 0 Å². The van der Waals surface area contributed by atoms with E-state index in [1.165, 1.54) is 5.39 Å². The van der Waals surface area contributed by atoms with Gasteiger partial charge in [0.1, 0.15) is 0 Å². The lowest BCUT2D eigenvalue weighted by Gasteiger charge is -2.39. The van der Waals surface area contributed by atoms with Crippen LogP contribution in [0.2, 0.25) is 5.02 Å². The number of carbonyl (C=O) groups is 1. The van der Waals surface area contributed by atoms with Crippen LogP contribution in [0.25, 0.3) is 10.9 Å². The van der Waals surface area contributed by atoms with E-state index in [-0.39, 0.29) is 5.91 Å². The standard InChI is InChI=1S/C19H18ClN3O/c20-16-3-1-13(2-4-16)10-18(24)23-11-14(12-23)9-17-19-15(5-7-21-17)6-8-22-19/h1-8,14,22H,9-12H2. The quantitative estimate of drug-likeness (QED) is 0.791. The molecule has 1 aromatic carbocycles. The van der Waals surface area contributed by atoms with Crippen LogP contribution in [-0.4, -0.2) is 33.9 Å². The normalized spacial score (nSPS) is 14.8. The minimum atomic E-state index is 0.180. The van der Waals surface area contributed by atoms with Gasteiger partial charge in [-0.1, -0.05) is 23.7 Å². The molecule has 4 rings (SSSR count). The minimum Gasteiger partial charge on any atom is -0.360 e. The van der Waals surface area contributed by atoms with E-state index in [2.05, 4.69) is 16.0 Å². The zero-order valence-corrected chi connectivity index (χ0v) is 14.0. The summed E-state index contributed by atoms with van der Waals surface area (Å²) in [5, 5.41) is 1.89. The first kappa shape index (κ1) is 15.2. The number of carbonyl (C=O) groups excluding carboxylic acids is 1. The van der Waals surface area contributed by atoms with Gasteiger partial charge in [-0.15, -0.1) is 0 Å². The van der Waals surface area contributed by atoms with Gasteiger partial charge < -0.3 is 9.88 Å². The molecule has 1 aliphatic heterocycles. The third-order valence-electron chi connectivity index (χ3n) is 4.61. The molecule has 0 spiro atoms. The number of aromatic nitrogens is 2. The minimum absolute atomic E-state index is 0.180. The number of amides is 1. The number of aromatic amines is 1. The summed E-state index contributed by atoms with van der Waals surface area (Å²) in [6.45, 7) is 1.62. The highest BCUT2D eigenvalue weighted by atomic mass is 35.5. The van der Waals surface area contributed by atoms with E-state index < -0.39 is 0 Å². The van der Waals surface area contributed by atoms with Crippen molar-refractivity contribution in [2.45, 2.75) is 12.8 Å². The number of fused-ring (bicyclic) bond motifs is 1. The lowest BCUT2D eigenvalue weighted by molar-refractivity contribution is -0.136. The van der Waals surface area contributed by atoms with E-state index in [0.717, 1.165) is 36.3 Å². The van der Waals surface area contributed by atoms with Gasteiger partial charge in [0.15, 0.2) is 0 Å². The van der Waals surface area contributed by atoms with Crippen molar-refractivity contribution >= 4 is 28.4 Å². The summed E-state index contributed by atoms with van der Waals surface area (Å²) < 4.78 is 0. The third kappa shape index (κ3) is 3.02. The number of nitrogens with zero attached hydrogens (tertiary/aromatic N) is 2. The number of nitrogens with one attached hydrogen (secondary N) is 1. The van der Waals surface area contributed by atoms with Crippen LogP contribution in [0.1, 0.15) is 11.3 Å². The molecule has 0 unspecified atom stereocenters. The first-order valence-corrected chi connectivity index (χ1v) is 8.50. The van der Waals surface area contributed by atoms with Gasteiger partial charge in [0, 0.05) is 35.9 Å². The van der Waals surface area contributed by atoms with Gasteiger partial charge in [-0.2, -0.15) is 0 Å². The van der Waals surface area contributed by atoms with Crippen molar-refractivity contribution < 1.29 is 4.79 Å². The molecule has 0 saturated carbocycles. The predicted octanol–water partition coefficient (Wildman–Crippen LogP) is 3.46. The topological polar surface area (TPSA) is 49.0 Å². The van der Waals surface area contributed by atoms with Crippen LogP contribution in [-0.2, 0) is 17.6 Å². The molecule has 3 heterocycles. The second-order valence-corrected chi connectivity index (χ2v) is 6.81. The van der Waals surface area contributed by atoms with E-state index in [0.29, 0.717) is 17.4 Å². The maximum absolute atomic E-state index is 12.3. The van der Waals surface area contributed by atoms with Crippen molar-refractivity contribution in [1.82, 2.24) is 14.9 Å². The smallest absolute Gasteiger partial charge is 0.227 e. The van der Waals surface area contributed by atoms with Crippen LogP contribution in [0.4, 0.5) is 0 Å². The molecule has 0 aliphatic carbocycles. The summed E-state index contributed by atoms with van der Waals surface area (Å²) in [6, 6.07) is 11.5. The molecule has 5 heteroatoms. The molecule has 4 nitrogen and oxygen atoms in total. The lowest BCUT2D eigenvalue weighted by atomic mass is 9.93. The molecule has 2 aromatic heterocycles. The van der Waals surface area contributed by atoms with E-state index >= 15 is 0 Å². The number of hydrogen-bond donors (Lipinski definition) is 1. The number of benzene rings is 1. The Balaban J connectivity index is 1.34. The zero-order chi connectivity index (χ0) is 16.5. The molecule has 24 heavy (non-hydrogen) atoms.